The van der Waals surface area contributed by atoms with Gasteiger partial charge in [0.1, 0.15) is 11.9 Å². The lowest BCUT2D eigenvalue weighted by Crippen LogP contribution is -2.12. The Labute approximate surface area is 132 Å². The van der Waals surface area contributed by atoms with E-state index >= 15 is 0 Å². The van der Waals surface area contributed by atoms with Gasteiger partial charge >= 0.3 is 0 Å². The molecule has 0 bridgehead atoms. The maximum atomic E-state index is 10.6. The van der Waals surface area contributed by atoms with Crippen LogP contribution in [0.25, 0.3) is 0 Å². The van der Waals surface area contributed by atoms with Gasteiger partial charge in [0.25, 0.3) is 0 Å². The predicted molar refractivity (Wildman–Crippen MR) is 84.0 cm³/mol. The average molecular weight is 404 g/mol. The highest BCUT2D eigenvalue weighted by Crippen LogP contribution is 2.41. The van der Waals surface area contributed by atoms with Crippen molar-refractivity contribution in [1.82, 2.24) is 0 Å². The molecule has 2 nitrogen and oxygen atoms in total. The van der Waals surface area contributed by atoms with E-state index in [2.05, 4.69) is 37.9 Å². The molecule has 100 valence electrons. The van der Waals surface area contributed by atoms with Crippen LogP contribution in [-0.2, 0) is 6.42 Å². The fourth-order valence-electron chi connectivity index (χ4n) is 2.28. The van der Waals surface area contributed by atoms with Crippen LogP contribution in [0.5, 0.6) is 5.75 Å². The number of fused-ring (bicyclic) bond motifs is 1. The number of rotatable bonds is 2. The second-order valence-corrected chi connectivity index (χ2v) is 7.72. The Balaban J connectivity index is 2.02. The number of aliphatic hydroxyl groups excluding tert-OH is 1. The first-order chi connectivity index (χ1) is 9.16. The van der Waals surface area contributed by atoms with Gasteiger partial charge in [-0.15, -0.1) is 11.3 Å². The molecule has 1 atom stereocenters. The van der Waals surface area contributed by atoms with Crippen molar-refractivity contribution in [1.29, 1.82) is 0 Å². The summed E-state index contributed by atoms with van der Waals surface area (Å²) in [6, 6.07) is 7.95. The largest absolute Gasteiger partial charge is 0.493 e. The van der Waals surface area contributed by atoms with Gasteiger partial charge in [-0.3, -0.25) is 0 Å². The molecule has 3 rings (SSSR count). The molecule has 0 spiro atoms. The van der Waals surface area contributed by atoms with Gasteiger partial charge in [-0.2, -0.15) is 0 Å². The second-order valence-electron chi connectivity index (χ2n) is 4.46. The average Bonchev–Trinajstić information content (AvgIpc) is 2.77. The number of halogens is 2. The van der Waals surface area contributed by atoms with E-state index in [4.69, 9.17) is 4.74 Å². The molecule has 1 aliphatic heterocycles. The molecular weight excluding hydrogens is 392 g/mol. The quantitative estimate of drug-likeness (QED) is 0.788. The molecule has 2 aromatic rings. The smallest absolute Gasteiger partial charge is 0.128 e. The molecule has 2 heterocycles. The van der Waals surface area contributed by atoms with Crippen LogP contribution >= 0.6 is 43.2 Å². The summed E-state index contributed by atoms with van der Waals surface area (Å²) in [5.41, 5.74) is 2.05. The molecule has 5 heteroatoms. The summed E-state index contributed by atoms with van der Waals surface area (Å²) in [6.07, 6.45) is 1.43. The second kappa shape index (κ2) is 5.56. The van der Waals surface area contributed by atoms with Crippen molar-refractivity contribution in [2.75, 3.05) is 6.61 Å². The molecule has 1 aromatic carbocycles. The van der Waals surface area contributed by atoms with Gasteiger partial charge < -0.3 is 9.84 Å². The zero-order valence-electron chi connectivity index (χ0n) is 10.0. The summed E-state index contributed by atoms with van der Waals surface area (Å²) in [5, 5.41) is 10.6. The monoisotopic (exact) mass is 402 g/mol. The molecule has 0 fully saturated rings. The van der Waals surface area contributed by atoms with E-state index in [0.29, 0.717) is 0 Å². The van der Waals surface area contributed by atoms with Crippen molar-refractivity contribution in [3.05, 3.63) is 48.5 Å². The molecule has 0 saturated heterocycles. The lowest BCUT2D eigenvalue weighted by molar-refractivity contribution is 0.210. The summed E-state index contributed by atoms with van der Waals surface area (Å²) < 4.78 is 7.72. The van der Waals surface area contributed by atoms with E-state index in [1.54, 1.807) is 0 Å². The third-order valence-corrected chi connectivity index (χ3v) is 6.50. The molecule has 1 N–H and O–H groups in total. The highest BCUT2D eigenvalue weighted by molar-refractivity contribution is 9.13. The Kier molecular flexibility index (Phi) is 3.98. The number of aliphatic hydroxyl groups is 1. The Hall–Kier alpha value is -0.360. The number of benzene rings is 1. The highest BCUT2D eigenvalue weighted by atomic mass is 79.9. The summed E-state index contributed by atoms with van der Waals surface area (Å²) in [4.78, 5) is 0.904. The van der Waals surface area contributed by atoms with Crippen LogP contribution in [0.15, 0.2) is 32.5 Å². The molecule has 1 aromatic heterocycles. The first kappa shape index (κ1) is 13.6. The van der Waals surface area contributed by atoms with E-state index in [1.807, 2.05) is 18.2 Å². The van der Waals surface area contributed by atoms with Crippen molar-refractivity contribution in [2.24, 2.45) is 0 Å². The standard InChI is InChI=1S/C14H12Br2O2S/c15-10-7-11(19-14(10)16)12(17)9-5-1-3-8-4-2-6-18-13(8)9/h1,3,5,7,12,17H,2,4,6H2. The SMILES string of the molecule is OC(c1cc(Br)c(Br)s1)c1cccc2c1OCCC2. The van der Waals surface area contributed by atoms with Crippen molar-refractivity contribution >= 4 is 43.2 Å². The van der Waals surface area contributed by atoms with Gasteiger partial charge in [-0.1, -0.05) is 18.2 Å². The molecule has 0 aliphatic carbocycles. The molecule has 0 saturated carbocycles. The van der Waals surface area contributed by atoms with Gasteiger partial charge in [-0.05, 0) is 56.3 Å². The maximum Gasteiger partial charge on any atom is 0.128 e. The lowest BCUT2D eigenvalue weighted by Gasteiger charge is -2.22. The van der Waals surface area contributed by atoms with E-state index in [-0.39, 0.29) is 0 Å². The minimum atomic E-state index is -0.638. The van der Waals surface area contributed by atoms with Crippen LogP contribution in [-0.4, -0.2) is 11.7 Å². The predicted octanol–water partition coefficient (Wildman–Crippen LogP) is 4.68. The van der Waals surface area contributed by atoms with E-state index in [0.717, 1.165) is 43.9 Å². The van der Waals surface area contributed by atoms with Gasteiger partial charge in [0.2, 0.25) is 0 Å². The van der Waals surface area contributed by atoms with Crippen molar-refractivity contribution in [2.45, 2.75) is 18.9 Å². The Bertz CT molecular complexity index is 590. The highest BCUT2D eigenvalue weighted by Gasteiger charge is 2.22. The van der Waals surface area contributed by atoms with Gasteiger partial charge in [-0.25, -0.2) is 0 Å². The van der Waals surface area contributed by atoms with E-state index < -0.39 is 6.10 Å². The molecule has 0 radical (unpaired) electrons. The summed E-state index contributed by atoms with van der Waals surface area (Å²) in [7, 11) is 0. The molecule has 19 heavy (non-hydrogen) atoms. The Morgan fingerprint density at radius 1 is 1.32 bits per heavy atom. The molecule has 0 amide bonds. The van der Waals surface area contributed by atoms with Gasteiger partial charge in [0, 0.05) is 14.9 Å². The molecule has 1 unspecified atom stereocenters. The molecule has 1 aliphatic rings. The minimum absolute atomic E-state index is 0.638. The van der Waals surface area contributed by atoms with E-state index in [1.165, 1.54) is 16.9 Å². The normalized spacial score (nSPS) is 15.7. The van der Waals surface area contributed by atoms with Gasteiger partial charge in [0.15, 0.2) is 0 Å². The zero-order chi connectivity index (χ0) is 13.4. The van der Waals surface area contributed by atoms with Crippen LogP contribution in [0.1, 0.15) is 28.5 Å². The van der Waals surface area contributed by atoms with Crippen molar-refractivity contribution < 1.29 is 9.84 Å². The number of ether oxygens (including phenoxy) is 1. The zero-order valence-corrected chi connectivity index (χ0v) is 14.0. The van der Waals surface area contributed by atoms with Gasteiger partial charge in [0.05, 0.1) is 10.4 Å². The lowest BCUT2D eigenvalue weighted by atomic mass is 9.99. The van der Waals surface area contributed by atoms with Crippen molar-refractivity contribution in [3.8, 4) is 5.75 Å². The van der Waals surface area contributed by atoms with Crippen LogP contribution < -0.4 is 4.74 Å². The molecular formula is C14H12Br2O2S. The van der Waals surface area contributed by atoms with Crippen LogP contribution in [0, 0.1) is 0 Å². The first-order valence-electron chi connectivity index (χ1n) is 6.04. The topological polar surface area (TPSA) is 29.5 Å². The fourth-order valence-corrected chi connectivity index (χ4v) is 4.38. The number of thiophene rings is 1. The van der Waals surface area contributed by atoms with Crippen LogP contribution in [0.3, 0.4) is 0 Å². The van der Waals surface area contributed by atoms with Crippen molar-refractivity contribution in [3.63, 3.8) is 0 Å². The summed E-state index contributed by atoms with van der Waals surface area (Å²) in [6.45, 7) is 0.731. The fraction of sp³-hybridized carbons (Fsp3) is 0.286. The third-order valence-electron chi connectivity index (χ3n) is 3.19. The number of hydrogen-bond acceptors (Lipinski definition) is 3. The number of hydrogen-bond donors (Lipinski definition) is 1. The number of para-hydroxylation sites is 1. The van der Waals surface area contributed by atoms with E-state index in [9.17, 15) is 5.11 Å². The third kappa shape index (κ3) is 2.61. The summed E-state index contributed by atoms with van der Waals surface area (Å²) in [5.74, 6) is 0.863. The number of aryl methyl sites for hydroxylation is 1. The minimum Gasteiger partial charge on any atom is -0.493 e. The maximum absolute atomic E-state index is 10.6. The van der Waals surface area contributed by atoms with Crippen LogP contribution in [0.4, 0.5) is 0 Å². The summed E-state index contributed by atoms with van der Waals surface area (Å²) >= 11 is 8.45. The van der Waals surface area contributed by atoms with Crippen LogP contribution in [0.2, 0.25) is 0 Å². The first-order valence-corrected chi connectivity index (χ1v) is 8.44. The Morgan fingerprint density at radius 2 is 2.16 bits per heavy atom. The Morgan fingerprint density at radius 3 is 2.89 bits per heavy atom.